The van der Waals surface area contributed by atoms with E-state index in [4.69, 9.17) is 23.2 Å². The van der Waals surface area contributed by atoms with Crippen molar-refractivity contribution < 1.29 is 9.59 Å². The Morgan fingerprint density at radius 2 is 1.81 bits per heavy atom. The summed E-state index contributed by atoms with van der Waals surface area (Å²) in [6.07, 6.45) is 0. The van der Waals surface area contributed by atoms with E-state index in [1.54, 1.807) is 24.3 Å². The lowest BCUT2D eigenvalue weighted by Gasteiger charge is -2.16. The lowest BCUT2D eigenvalue weighted by atomic mass is 10.2. The third kappa shape index (κ3) is 6.33. The Hall–Kier alpha value is -2.08. The SMILES string of the molecule is Cc1c(Cl)cccc1NC(=O)CNC(=O)CN(C)Cc1cccc(Cl)c1. The zero-order valence-electron chi connectivity index (χ0n) is 14.7. The highest BCUT2D eigenvalue weighted by molar-refractivity contribution is 6.31. The molecule has 2 aromatic carbocycles. The molecule has 0 aliphatic heterocycles. The summed E-state index contributed by atoms with van der Waals surface area (Å²) < 4.78 is 0. The molecule has 0 atom stereocenters. The minimum atomic E-state index is -0.304. The van der Waals surface area contributed by atoms with E-state index in [1.807, 2.05) is 37.1 Å². The highest BCUT2D eigenvalue weighted by Gasteiger charge is 2.11. The molecule has 0 aliphatic carbocycles. The summed E-state index contributed by atoms with van der Waals surface area (Å²) in [4.78, 5) is 25.9. The molecule has 0 heterocycles. The highest BCUT2D eigenvalue weighted by atomic mass is 35.5. The lowest BCUT2D eigenvalue weighted by molar-refractivity contribution is -0.124. The third-order valence-corrected chi connectivity index (χ3v) is 4.39. The van der Waals surface area contributed by atoms with Crippen LogP contribution in [0.3, 0.4) is 0 Å². The van der Waals surface area contributed by atoms with Gasteiger partial charge in [-0.3, -0.25) is 14.5 Å². The summed E-state index contributed by atoms with van der Waals surface area (Å²) in [6, 6.07) is 12.8. The Bertz CT molecular complexity index is 796. The quantitative estimate of drug-likeness (QED) is 0.756. The summed E-state index contributed by atoms with van der Waals surface area (Å²) in [6.45, 7) is 2.48. The largest absolute Gasteiger partial charge is 0.346 e. The molecular weight excluding hydrogens is 373 g/mol. The zero-order chi connectivity index (χ0) is 19.1. The molecule has 26 heavy (non-hydrogen) atoms. The van der Waals surface area contributed by atoms with Crippen LogP contribution in [0, 0.1) is 6.92 Å². The van der Waals surface area contributed by atoms with Gasteiger partial charge in [-0.2, -0.15) is 0 Å². The van der Waals surface area contributed by atoms with E-state index >= 15 is 0 Å². The first-order chi connectivity index (χ1) is 12.3. The Morgan fingerprint density at radius 3 is 2.54 bits per heavy atom. The Balaban J connectivity index is 1.77. The van der Waals surface area contributed by atoms with Gasteiger partial charge in [0.05, 0.1) is 13.1 Å². The van der Waals surface area contributed by atoms with Crippen LogP contribution in [0.5, 0.6) is 0 Å². The second-order valence-corrected chi connectivity index (χ2v) is 6.88. The molecular formula is C19H21Cl2N3O2. The number of nitrogens with zero attached hydrogens (tertiary/aromatic N) is 1. The van der Waals surface area contributed by atoms with Gasteiger partial charge >= 0.3 is 0 Å². The number of nitrogens with one attached hydrogen (secondary N) is 2. The van der Waals surface area contributed by atoms with E-state index in [2.05, 4.69) is 10.6 Å². The Morgan fingerprint density at radius 1 is 1.08 bits per heavy atom. The first-order valence-corrected chi connectivity index (χ1v) is 8.85. The number of benzene rings is 2. The van der Waals surface area contributed by atoms with Gasteiger partial charge in [0.25, 0.3) is 0 Å². The van der Waals surface area contributed by atoms with Crippen LogP contribution in [0.25, 0.3) is 0 Å². The second kappa shape index (κ2) is 9.57. The fourth-order valence-corrected chi connectivity index (χ4v) is 2.81. The van der Waals surface area contributed by atoms with Crippen molar-refractivity contribution in [3.8, 4) is 0 Å². The number of hydrogen-bond acceptors (Lipinski definition) is 3. The zero-order valence-corrected chi connectivity index (χ0v) is 16.2. The minimum Gasteiger partial charge on any atom is -0.346 e. The van der Waals surface area contributed by atoms with E-state index in [9.17, 15) is 9.59 Å². The second-order valence-electron chi connectivity index (χ2n) is 6.04. The van der Waals surface area contributed by atoms with Gasteiger partial charge in [0, 0.05) is 22.3 Å². The molecule has 0 aromatic heterocycles. The molecule has 0 radical (unpaired) electrons. The first-order valence-electron chi connectivity index (χ1n) is 8.10. The maximum absolute atomic E-state index is 12.0. The number of carbonyl (C=O) groups excluding carboxylic acids is 2. The van der Waals surface area contributed by atoms with Gasteiger partial charge in [-0.15, -0.1) is 0 Å². The van der Waals surface area contributed by atoms with Crippen LogP contribution in [-0.2, 0) is 16.1 Å². The van der Waals surface area contributed by atoms with E-state index < -0.39 is 0 Å². The molecule has 2 rings (SSSR count). The summed E-state index contributed by atoms with van der Waals surface area (Å²) in [5, 5.41) is 6.59. The van der Waals surface area contributed by atoms with Gasteiger partial charge in [0.2, 0.25) is 11.8 Å². The van der Waals surface area contributed by atoms with E-state index in [0.717, 1.165) is 11.1 Å². The van der Waals surface area contributed by atoms with Crippen LogP contribution in [0.1, 0.15) is 11.1 Å². The normalized spacial score (nSPS) is 10.7. The molecule has 2 N–H and O–H groups in total. The fourth-order valence-electron chi connectivity index (χ4n) is 2.42. The highest BCUT2D eigenvalue weighted by Crippen LogP contribution is 2.22. The number of amides is 2. The van der Waals surface area contributed by atoms with Crippen LogP contribution in [0.2, 0.25) is 10.0 Å². The molecule has 0 spiro atoms. The summed E-state index contributed by atoms with van der Waals surface area (Å²) in [5.41, 5.74) is 2.44. The number of rotatable bonds is 7. The maximum Gasteiger partial charge on any atom is 0.243 e. The Kier molecular flexibility index (Phi) is 7.45. The van der Waals surface area contributed by atoms with Crippen LogP contribution in [-0.4, -0.2) is 36.9 Å². The van der Waals surface area contributed by atoms with Gasteiger partial charge < -0.3 is 10.6 Å². The van der Waals surface area contributed by atoms with Crippen LogP contribution >= 0.6 is 23.2 Å². The number of likely N-dealkylation sites (N-methyl/N-ethyl adjacent to an activating group) is 1. The van der Waals surface area contributed by atoms with Gasteiger partial charge in [-0.25, -0.2) is 0 Å². The molecule has 5 nitrogen and oxygen atoms in total. The van der Waals surface area contributed by atoms with Crippen LogP contribution in [0.15, 0.2) is 42.5 Å². The maximum atomic E-state index is 12.0. The number of carbonyl (C=O) groups is 2. The average molecular weight is 394 g/mol. The molecule has 0 aliphatic rings. The Labute approximate surface area is 163 Å². The lowest BCUT2D eigenvalue weighted by Crippen LogP contribution is -2.39. The molecule has 0 saturated heterocycles. The molecule has 2 aromatic rings. The van der Waals surface area contributed by atoms with Crippen molar-refractivity contribution in [1.82, 2.24) is 10.2 Å². The van der Waals surface area contributed by atoms with Crippen molar-refractivity contribution in [2.45, 2.75) is 13.5 Å². The average Bonchev–Trinajstić information content (AvgIpc) is 2.57. The van der Waals surface area contributed by atoms with Crippen LogP contribution in [0.4, 0.5) is 5.69 Å². The van der Waals surface area contributed by atoms with Crippen molar-refractivity contribution in [3.63, 3.8) is 0 Å². The standard InChI is InChI=1S/C19H21Cl2N3O2/c1-13-16(21)7-4-8-17(13)23-18(25)10-22-19(26)12-24(2)11-14-5-3-6-15(20)9-14/h3-9H,10-12H2,1-2H3,(H,22,26)(H,23,25). The van der Waals surface area contributed by atoms with Crippen molar-refractivity contribution in [2.24, 2.45) is 0 Å². The predicted molar refractivity (Wildman–Crippen MR) is 106 cm³/mol. The third-order valence-electron chi connectivity index (χ3n) is 3.74. The first kappa shape index (κ1) is 20.2. The number of hydrogen-bond donors (Lipinski definition) is 2. The van der Waals surface area contributed by atoms with E-state index in [0.29, 0.717) is 22.3 Å². The van der Waals surface area contributed by atoms with Gasteiger partial charge in [0.1, 0.15) is 0 Å². The monoisotopic (exact) mass is 393 g/mol. The van der Waals surface area contributed by atoms with Crippen LogP contribution < -0.4 is 10.6 Å². The van der Waals surface area contributed by atoms with Gasteiger partial charge in [-0.05, 0) is 49.4 Å². The van der Waals surface area contributed by atoms with Crippen molar-refractivity contribution in [1.29, 1.82) is 0 Å². The van der Waals surface area contributed by atoms with Crippen molar-refractivity contribution in [3.05, 3.63) is 63.6 Å². The minimum absolute atomic E-state index is 0.101. The molecule has 0 unspecified atom stereocenters. The fraction of sp³-hybridized carbons (Fsp3) is 0.263. The molecule has 138 valence electrons. The summed E-state index contributed by atoms with van der Waals surface area (Å²) in [5.74, 6) is -0.534. The summed E-state index contributed by atoms with van der Waals surface area (Å²) in [7, 11) is 1.83. The van der Waals surface area contributed by atoms with E-state index in [1.165, 1.54) is 0 Å². The molecule has 0 fully saturated rings. The van der Waals surface area contributed by atoms with E-state index in [-0.39, 0.29) is 24.9 Å². The topological polar surface area (TPSA) is 61.4 Å². The predicted octanol–water partition coefficient (Wildman–Crippen LogP) is 3.49. The number of anilines is 1. The summed E-state index contributed by atoms with van der Waals surface area (Å²) >= 11 is 12.0. The van der Waals surface area contributed by atoms with Gasteiger partial charge in [0.15, 0.2) is 0 Å². The molecule has 2 amide bonds. The number of halogens is 2. The van der Waals surface area contributed by atoms with Crippen molar-refractivity contribution >= 4 is 40.7 Å². The van der Waals surface area contributed by atoms with Crippen molar-refractivity contribution in [2.75, 3.05) is 25.5 Å². The molecule has 7 heteroatoms. The molecule has 0 bridgehead atoms. The molecule has 0 saturated carbocycles. The smallest absolute Gasteiger partial charge is 0.243 e. The van der Waals surface area contributed by atoms with Gasteiger partial charge in [-0.1, -0.05) is 41.4 Å².